The number of fused-ring (bicyclic) bond motifs is 1. The van der Waals surface area contributed by atoms with Crippen LogP contribution >= 0.6 is 0 Å². The molecule has 1 nitrogen and oxygen atoms in total. The maximum absolute atomic E-state index is 5.23. The van der Waals surface area contributed by atoms with Crippen LogP contribution in [0.2, 0.25) is 0 Å². The van der Waals surface area contributed by atoms with Crippen LogP contribution in [0.3, 0.4) is 0 Å². The second kappa shape index (κ2) is 5.25. The average molecular weight is 276 g/mol. The third-order valence-corrected chi connectivity index (χ3v) is 4.05. The minimum absolute atomic E-state index is 0.893. The van der Waals surface area contributed by atoms with Crippen LogP contribution in [0.4, 0.5) is 0 Å². The zero-order chi connectivity index (χ0) is 15.0. The second-order valence-electron chi connectivity index (χ2n) is 5.70. The van der Waals surface area contributed by atoms with Gasteiger partial charge in [0, 0.05) is 0 Å². The third-order valence-electron chi connectivity index (χ3n) is 4.05. The van der Waals surface area contributed by atoms with Crippen LogP contribution in [0.5, 0.6) is 5.75 Å². The molecule has 0 saturated carbocycles. The van der Waals surface area contributed by atoms with E-state index in [1.54, 1.807) is 7.11 Å². The van der Waals surface area contributed by atoms with Crippen molar-refractivity contribution in [1.82, 2.24) is 0 Å². The van der Waals surface area contributed by atoms with Gasteiger partial charge in [0.25, 0.3) is 0 Å². The van der Waals surface area contributed by atoms with Crippen LogP contribution in [0, 0.1) is 20.8 Å². The number of ether oxygens (including phenoxy) is 1. The minimum atomic E-state index is 0.893. The van der Waals surface area contributed by atoms with Gasteiger partial charge in [0.2, 0.25) is 0 Å². The zero-order valence-corrected chi connectivity index (χ0v) is 13.0. The van der Waals surface area contributed by atoms with Crippen molar-refractivity contribution in [2.45, 2.75) is 20.8 Å². The van der Waals surface area contributed by atoms with Gasteiger partial charge in [0.1, 0.15) is 5.75 Å². The molecule has 106 valence electrons. The molecule has 0 saturated heterocycles. The summed E-state index contributed by atoms with van der Waals surface area (Å²) in [6, 6.07) is 17.3. The maximum Gasteiger partial charge on any atom is 0.118 e. The summed E-state index contributed by atoms with van der Waals surface area (Å²) in [6.07, 6.45) is 0. The largest absolute Gasteiger partial charge is 0.497 e. The van der Waals surface area contributed by atoms with E-state index in [2.05, 4.69) is 57.2 Å². The molecule has 0 aliphatic heterocycles. The normalized spacial score (nSPS) is 10.9. The van der Waals surface area contributed by atoms with E-state index in [0.29, 0.717) is 0 Å². The van der Waals surface area contributed by atoms with Crippen molar-refractivity contribution in [2.24, 2.45) is 0 Å². The highest BCUT2D eigenvalue weighted by atomic mass is 16.5. The lowest BCUT2D eigenvalue weighted by Gasteiger charge is -2.01. The van der Waals surface area contributed by atoms with Crippen molar-refractivity contribution in [3.8, 4) is 28.0 Å². The summed E-state index contributed by atoms with van der Waals surface area (Å²) < 4.78 is 5.23. The van der Waals surface area contributed by atoms with Gasteiger partial charge in [-0.15, -0.1) is 0 Å². The molecule has 0 heterocycles. The number of methoxy groups -OCH3 is 1. The minimum Gasteiger partial charge on any atom is -0.497 e. The zero-order valence-electron chi connectivity index (χ0n) is 13.0. The number of hydrogen-bond donors (Lipinski definition) is 0. The molecule has 1 heteroatoms. The van der Waals surface area contributed by atoms with Crippen molar-refractivity contribution in [2.75, 3.05) is 7.11 Å². The number of aryl methyl sites for hydroxylation is 3. The van der Waals surface area contributed by atoms with E-state index < -0.39 is 0 Å². The number of hydrogen-bond acceptors (Lipinski definition) is 1. The Balaban J connectivity index is 2.16. The summed E-state index contributed by atoms with van der Waals surface area (Å²) in [5, 5.41) is 0. The highest BCUT2D eigenvalue weighted by Crippen LogP contribution is 2.36. The molecule has 0 fully saturated rings. The Morgan fingerprint density at radius 1 is 0.667 bits per heavy atom. The lowest BCUT2D eigenvalue weighted by molar-refractivity contribution is 0.415. The van der Waals surface area contributed by atoms with Crippen LogP contribution in [-0.2, 0) is 0 Å². The van der Waals surface area contributed by atoms with Gasteiger partial charge in [0.15, 0.2) is 0 Å². The quantitative estimate of drug-likeness (QED) is 0.609. The summed E-state index contributed by atoms with van der Waals surface area (Å²) in [7, 11) is 1.70. The van der Waals surface area contributed by atoms with Crippen LogP contribution in [-0.4, -0.2) is 7.11 Å². The molecule has 0 spiro atoms. The summed E-state index contributed by atoms with van der Waals surface area (Å²) >= 11 is 0. The van der Waals surface area contributed by atoms with E-state index >= 15 is 0 Å². The van der Waals surface area contributed by atoms with Crippen molar-refractivity contribution < 1.29 is 4.74 Å². The van der Waals surface area contributed by atoms with E-state index in [1.807, 2.05) is 12.1 Å². The Morgan fingerprint density at radius 3 is 1.67 bits per heavy atom. The molecule has 0 radical (unpaired) electrons. The van der Waals surface area contributed by atoms with Crippen LogP contribution in [0.25, 0.3) is 22.3 Å². The highest BCUT2D eigenvalue weighted by molar-refractivity contribution is 5.83. The molecule has 0 atom stereocenters. The van der Waals surface area contributed by atoms with Crippen molar-refractivity contribution in [1.29, 1.82) is 0 Å². The lowest BCUT2D eigenvalue weighted by atomic mass is 10.1. The highest BCUT2D eigenvalue weighted by Gasteiger charge is 2.12. The predicted octanol–water partition coefficient (Wildman–Crippen LogP) is 5.39. The van der Waals surface area contributed by atoms with Crippen molar-refractivity contribution in [3.05, 3.63) is 65.2 Å². The molecule has 1 aromatic rings. The van der Waals surface area contributed by atoms with Gasteiger partial charge in [0.05, 0.1) is 7.11 Å². The third kappa shape index (κ3) is 2.52. The summed E-state index contributed by atoms with van der Waals surface area (Å²) in [4.78, 5) is 0. The predicted molar refractivity (Wildman–Crippen MR) is 89.3 cm³/mol. The molecule has 0 amide bonds. The Morgan fingerprint density at radius 2 is 1.19 bits per heavy atom. The molecule has 3 rings (SSSR count). The van der Waals surface area contributed by atoms with Gasteiger partial charge in [-0.1, -0.05) is 29.8 Å². The molecule has 0 unspecified atom stereocenters. The molecule has 21 heavy (non-hydrogen) atoms. The molecule has 2 aliphatic carbocycles. The van der Waals surface area contributed by atoms with Crippen LogP contribution < -0.4 is 4.74 Å². The fraction of sp³-hybridized carbons (Fsp3) is 0.200. The summed E-state index contributed by atoms with van der Waals surface area (Å²) in [6.45, 7) is 6.53. The Bertz CT molecular complexity index is 714. The van der Waals surface area contributed by atoms with Crippen molar-refractivity contribution >= 4 is 0 Å². The summed E-state index contributed by atoms with van der Waals surface area (Å²) in [5.74, 6) is 0.893. The standard InChI is InChI=1S/C20H20O/c1-13-9-14(2)19-11-17(12-20(19)15(3)10-13)16-5-7-18(21-4)8-6-16/h5-12H,1-4H3. The number of benzene rings is 1. The molecular formula is C20H20O. The van der Waals surface area contributed by atoms with Gasteiger partial charge in [-0.05, 0) is 78.4 Å². The Hall–Kier alpha value is -2.28. The first-order valence-electron chi connectivity index (χ1n) is 7.24. The second-order valence-corrected chi connectivity index (χ2v) is 5.70. The van der Waals surface area contributed by atoms with Gasteiger partial charge in [-0.3, -0.25) is 0 Å². The smallest absolute Gasteiger partial charge is 0.118 e. The van der Waals surface area contributed by atoms with Crippen LogP contribution in [0.15, 0.2) is 48.5 Å². The Labute approximate surface area is 126 Å². The first-order valence-corrected chi connectivity index (χ1v) is 7.24. The Kier molecular flexibility index (Phi) is 3.42. The van der Waals surface area contributed by atoms with Crippen molar-refractivity contribution in [3.63, 3.8) is 0 Å². The first-order chi connectivity index (χ1) is 10.1. The van der Waals surface area contributed by atoms with E-state index in [-0.39, 0.29) is 0 Å². The molecule has 1 aromatic carbocycles. The van der Waals surface area contributed by atoms with E-state index in [4.69, 9.17) is 4.74 Å². The van der Waals surface area contributed by atoms with Gasteiger partial charge in [-0.2, -0.15) is 0 Å². The van der Waals surface area contributed by atoms with E-state index in [1.165, 1.54) is 38.9 Å². The molecule has 0 bridgehead atoms. The van der Waals surface area contributed by atoms with Gasteiger partial charge in [-0.25, -0.2) is 0 Å². The molecular weight excluding hydrogens is 256 g/mol. The fourth-order valence-corrected chi connectivity index (χ4v) is 2.99. The monoisotopic (exact) mass is 276 g/mol. The van der Waals surface area contributed by atoms with E-state index in [0.717, 1.165) is 5.75 Å². The fourth-order valence-electron chi connectivity index (χ4n) is 2.99. The molecule has 0 N–H and O–H groups in total. The summed E-state index contributed by atoms with van der Waals surface area (Å²) in [5.41, 5.74) is 9.14. The first kappa shape index (κ1) is 13.7. The number of rotatable bonds is 2. The SMILES string of the molecule is COc1ccc(-c2cc3c(C)cc(C)cc(C)c-3c2)cc1. The van der Waals surface area contributed by atoms with Gasteiger partial charge < -0.3 is 4.74 Å². The van der Waals surface area contributed by atoms with Gasteiger partial charge >= 0.3 is 0 Å². The molecule has 2 aliphatic rings. The van der Waals surface area contributed by atoms with Crippen LogP contribution in [0.1, 0.15) is 16.7 Å². The maximum atomic E-state index is 5.23. The average Bonchev–Trinajstić information content (AvgIpc) is 2.88. The molecule has 0 aromatic heterocycles. The lowest BCUT2D eigenvalue weighted by Crippen LogP contribution is -1.81. The topological polar surface area (TPSA) is 9.23 Å². The van der Waals surface area contributed by atoms with E-state index in [9.17, 15) is 0 Å².